The summed E-state index contributed by atoms with van der Waals surface area (Å²) in [5, 5.41) is 9.42. The molecule has 1 fully saturated rings. The summed E-state index contributed by atoms with van der Waals surface area (Å²) in [6, 6.07) is 3.59. The number of hydrogen-bond donors (Lipinski definition) is 0. The first-order valence-corrected chi connectivity index (χ1v) is 9.40. The first kappa shape index (κ1) is 19.1. The highest BCUT2D eigenvalue weighted by atomic mass is 79.9. The van der Waals surface area contributed by atoms with Crippen LogP contribution in [0.1, 0.15) is 37.6 Å². The molecule has 3 rings (SSSR count). The molecule has 0 amide bonds. The van der Waals surface area contributed by atoms with Crippen molar-refractivity contribution in [2.45, 2.75) is 44.4 Å². The summed E-state index contributed by atoms with van der Waals surface area (Å²) in [4.78, 5) is 24.4. The van der Waals surface area contributed by atoms with Gasteiger partial charge in [0.2, 0.25) is 5.79 Å². The van der Waals surface area contributed by atoms with E-state index in [0.29, 0.717) is 31.0 Å². The van der Waals surface area contributed by atoms with Crippen LogP contribution in [-0.2, 0) is 37.8 Å². The summed E-state index contributed by atoms with van der Waals surface area (Å²) in [5.41, 5.74) is 0.238. The first-order valence-electron chi connectivity index (χ1n) is 8.49. The van der Waals surface area contributed by atoms with Gasteiger partial charge in [0, 0.05) is 12.0 Å². The van der Waals surface area contributed by atoms with Crippen molar-refractivity contribution in [2.24, 2.45) is 5.41 Å². The minimum atomic E-state index is -1.11. The van der Waals surface area contributed by atoms with Crippen molar-refractivity contribution in [2.75, 3.05) is 19.8 Å². The van der Waals surface area contributed by atoms with Crippen molar-refractivity contribution >= 4 is 21.9 Å². The summed E-state index contributed by atoms with van der Waals surface area (Å²) < 4.78 is 18.6. The van der Waals surface area contributed by atoms with E-state index in [9.17, 15) is 14.9 Å². The lowest BCUT2D eigenvalue weighted by Gasteiger charge is -2.42. The number of aromatic nitrogens is 1. The molecule has 7 nitrogen and oxygen atoms in total. The summed E-state index contributed by atoms with van der Waals surface area (Å²) in [7, 11) is 0. The van der Waals surface area contributed by atoms with Crippen LogP contribution in [0.15, 0.2) is 10.9 Å². The minimum absolute atomic E-state index is 0.0466. The van der Waals surface area contributed by atoms with Gasteiger partial charge in [-0.3, -0.25) is 9.59 Å². The molecule has 140 valence electrons. The molecule has 0 aromatic carbocycles. The van der Waals surface area contributed by atoms with E-state index in [2.05, 4.69) is 15.9 Å². The largest absolute Gasteiger partial charge is 0.466 e. The maximum Gasteiger partial charge on any atom is 0.310 e. The van der Waals surface area contributed by atoms with E-state index in [1.54, 1.807) is 13.0 Å². The third-order valence-electron chi connectivity index (χ3n) is 4.60. The average Bonchev–Trinajstić information content (AvgIpc) is 2.84. The normalized spacial score (nSPS) is 22.7. The molecular weight excluding hydrogens is 404 g/mol. The van der Waals surface area contributed by atoms with Gasteiger partial charge in [0.1, 0.15) is 11.6 Å². The highest BCUT2D eigenvalue weighted by Crippen LogP contribution is 2.45. The molecule has 2 aliphatic heterocycles. The number of ether oxygens (including phenoxy) is 3. The van der Waals surface area contributed by atoms with Crippen LogP contribution in [0.5, 0.6) is 0 Å². The Bertz CT molecular complexity index is 829. The lowest BCUT2D eigenvalue weighted by molar-refractivity contribution is -0.302. The van der Waals surface area contributed by atoms with E-state index < -0.39 is 17.3 Å². The average molecular weight is 425 g/mol. The Morgan fingerprint density at radius 2 is 2.12 bits per heavy atom. The molecule has 1 atom stereocenters. The zero-order chi connectivity index (χ0) is 19.1. The van der Waals surface area contributed by atoms with Crippen molar-refractivity contribution in [1.82, 2.24) is 4.57 Å². The summed E-state index contributed by atoms with van der Waals surface area (Å²) in [5.74, 6) is -1.59. The lowest BCUT2D eigenvalue weighted by atomic mass is 9.93. The molecule has 2 aliphatic rings. The Labute approximate surface area is 160 Å². The van der Waals surface area contributed by atoms with Crippen molar-refractivity contribution in [3.05, 3.63) is 33.2 Å². The molecule has 0 bridgehead atoms. The predicted molar refractivity (Wildman–Crippen MR) is 95.8 cm³/mol. The smallest absolute Gasteiger partial charge is 0.310 e. The molecule has 3 heterocycles. The highest BCUT2D eigenvalue weighted by Gasteiger charge is 2.53. The number of nitriles is 1. The van der Waals surface area contributed by atoms with Gasteiger partial charge < -0.3 is 18.8 Å². The fourth-order valence-electron chi connectivity index (χ4n) is 3.25. The third-order valence-corrected chi connectivity index (χ3v) is 5.49. The lowest BCUT2D eigenvalue weighted by Crippen LogP contribution is -2.49. The number of pyridine rings is 1. The zero-order valence-corrected chi connectivity index (χ0v) is 16.6. The molecule has 1 aromatic rings. The Balaban J connectivity index is 2.08. The number of halogens is 1. The molecular formula is C18H21BrN2O5. The number of hydrogen-bond acceptors (Lipinski definition) is 6. The molecule has 1 unspecified atom stereocenters. The number of alkyl halides is 1. The number of rotatable bonds is 3. The van der Waals surface area contributed by atoms with E-state index in [4.69, 9.17) is 14.2 Å². The van der Waals surface area contributed by atoms with E-state index in [-0.39, 0.29) is 28.8 Å². The number of carbonyl (C=O) groups is 1. The molecule has 0 radical (unpaired) electrons. The van der Waals surface area contributed by atoms with E-state index >= 15 is 0 Å². The van der Waals surface area contributed by atoms with Crippen molar-refractivity contribution in [3.63, 3.8) is 0 Å². The van der Waals surface area contributed by atoms with E-state index in [1.165, 1.54) is 4.57 Å². The fourth-order valence-corrected chi connectivity index (χ4v) is 4.04. The summed E-state index contributed by atoms with van der Waals surface area (Å²) in [6.07, 6.45) is -0.145. The van der Waals surface area contributed by atoms with Gasteiger partial charge in [0.05, 0.1) is 36.8 Å². The van der Waals surface area contributed by atoms with Crippen LogP contribution in [0.2, 0.25) is 0 Å². The molecule has 26 heavy (non-hydrogen) atoms. The summed E-state index contributed by atoms with van der Waals surface area (Å²) in [6.45, 7) is 7.28. The van der Waals surface area contributed by atoms with Gasteiger partial charge in [0.25, 0.3) is 5.56 Å². The second-order valence-corrected chi connectivity index (χ2v) is 8.42. The van der Waals surface area contributed by atoms with E-state index in [0.717, 1.165) is 0 Å². The van der Waals surface area contributed by atoms with Crippen molar-refractivity contribution < 1.29 is 19.0 Å². The van der Waals surface area contributed by atoms with Crippen LogP contribution >= 0.6 is 15.9 Å². The standard InChI is InChI=1S/C18H21BrN2O5/c1-4-24-15(22)6-11-5-14-18(25-9-17(2,3)10-26-18)13(19)8-21(14)16(23)12(11)7-20/h5,13H,4,6,8-10H2,1-3H3. The molecule has 1 aromatic heterocycles. The van der Waals surface area contributed by atoms with Gasteiger partial charge >= 0.3 is 5.97 Å². The summed E-state index contributed by atoms with van der Waals surface area (Å²) >= 11 is 3.57. The van der Waals surface area contributed by atoms with Gasteiger partial charge in [-0.1, -0.05) is 29.8 Å². The SMILES string of the molecule is CCOC(=O)Cc1cc2n(c(=O)c1C#N)CC(Br)C21OCC(C)(C)CO1. The second kappa shape index (κ2) is 6.80. The molecule has 0 N–H and O–H groups in total. The molecule has 8 heteroatoms. The topological polar surface area (TPSA) is 90.6 Å². The number of fused-ring (bicyclic) bond motifs is 2. The fraction of sp³-hybridized carbons (Fsp3) is 0.611. The van der Waals surface area contributed by atoms with Crippen LogP contribution in [-0.4, -0.2) is 35.2 Å². The Morgan fingerprint density at radius 1 is 1.46 bits per heavy atom. The molecule has 0 aliphatic carbocycles. The van der Waals surface area contributed by atoms with Crippen LogP contribution in [0, 0.1) is 16.7 Å². The maximum absolute atomic E-state index is 12.8. The highest BCUT2D eigenvalue weighted by molar-refractivity contribution is 9.09. The van der Waals surface area contributed by atoms with E-state index in [1.807, 2.05) is 19.9 Å². The second-order valence-electron chi connectivity index (χ2n) is 7.32. The molecule has 1 saturated heterocycles. The van der Waals surface area contributed by atoms with Gasteiger partial charge in [0.15, 0.2) is 0 Å². The predicted octanol–water partition coefficient (Wildman–Crippen LogP) is 1.83. The number of carbonyl (C=O) groups excluding carboxylic acids is 1. The van der Waals surface area contributed by atoms with Crippen LogP contribution < -0.4 is 5.56 Å². The van der Waals surface area contributed by atoms with Crippen molar-refractivity contribution in [1.29, 1.82) is 5.26 Å². The van der Waals surface area contributed by atoms with Crippen LogP contribution in [0.3, 0.4) is 0 Å². The molecule has 1 spiro atoms. The first-order chi connectivity index (χ1) is 12.2. The monoisotopic (exact) mass is 424 g/mol. The Hall–Kier alpha value is -1.69. The Morgan fingerprint density at radius 3 is 2.69 bits per heavy atom. The molecule has 0 saturated carbocycles. The van der Waals surface area contributed by atoms with Crippen molar-refractivity contribution in [3.8, 4) is 6.07 Å². The number of nitrogens with zero attached hydrogens (tertiary/aromatic N) is 2. The van der Waals surface area contributed by atoms with Crippen LogP contribution in [0.4, 0.5) is 0 Å². The third kappa shape index (κ3) is 3.08. The van der Waals surface area contributed by atoms with Gasteiger partial charge in [-0.2, -0.15) is 5.26 Å². The van der Waals surface area contributed by atoms with Gasteiger partial charge in [-0.15, -0.1) is 0 Å². The van der Waals surface area contributed by atoms with Gasteiger partial charge in [-0.05, 0) is 18.6 Å². The maximum atomic E-state index is 12.8. The van der Waals surface area contributed by atoms with Gasteiger partial charge in [-0.25, -0.2) is 0 Å². The quantitative estimate of drug-likeness (QED) is 0.542. The van der Waals surface area contributed by atoms with Crippen LogP contribution in [0.25, 0.3) is 0 Å². The minimum Gasteiger partial charge on any atom is -0.466 e. The number of esters is 1. The zero-order valence-electron chi connectivity index (χ0n) is 15.0. The Kier molecular flexibility index (Phi) is 4.99.